The van der Waals surface area contributed by atoms with Gasteiger partial charge < -0.3 is 9.64 Å². The van der Waals surface area contributed by atoms with Crippen LogP contribution in [0.2, 0.25) is 0 Å². The van der Waals surface area contributed by atoms with Gasteiger partial charge in [-0.25, -0.2) is 0 Å². The first kappa shape index (κ1) is 8.27. The minimum absolute atomic E-state index is 0.105. The minimum Gasteiger partial charge on any atom is -0.377 e. The molecule has 0 aliphatic carbocycles. The molecule has 0 spiro atoms. The summed E-state index contributed by atoms with van der Waals surface area (Å²) in [6.07, 6.45) is 2.60. The zero-order valence-electron chi connectivity index (χ0n) is 6.96. The predicted molar refractivity (Wildman–Crippen MR) is 42.2 cm³/mol. The fourth-order valence-electron chi connectivity index (χ4n) is 1.01. The third-order valence-corrected chi connectivity index (χ3v) is 1.64. The van der Waals surface area contributed by atoms with Crippen LogP contribution in [0, 0.1) is 0 Å². The van der Waals surface area contributed by atoms with E-state index in [-0.39, 0.29) is 5.91 Å². The summed E-state index contributed by atoms with van der Waals surface area (Å²) in [6, 6.07) is 0. The van der Waals surface area contributed by atoms with Gasteiger partial charge >= 0.3 is 0 Å². The lowest BCUT2D eigenvalue weighted by atomic mass is 10.1. The Morgan fingerprint density at radius 1 is 1.64 bits per heavy atom. The van der Waals surface area contributed by atoms with Gasteiger partial charge in [-0.15, -0.1) is 0 Å². The Morgan fingerprint density at radius 2 is 2.36 bits per heavy atom. The third-order valence-electron chi connectivity index (χ3n) is 1.64. The van der Waals surface area contributed by atoms with Crippen molar-refractivity contribution in [2.45, 2.75) is 6.42 Å². The zero-order valence-corrected chi connectivity index (χ0v) is 6.96. The van der Waals surface area contributed by atoms with Crippen LogP contribution in [0.1, 0.15) is 6.42 Å². The first-order valence-electron chi connectivity index (χ1n) is 3.70. The highest BCUT2D eigenvalue weighted by Gasteiger charge is 2.13. The van der Waals surface area contributed by atoms with E-state index in [0.29, 0.717) is 13.2 Å². The quantitative estimate of drug-likeness (QED) is 0.549. The maximum Gasteiger partial charge on any atom is 0.249 e. The van der Waals surface area contributed by atoms with E-state index in [1.165, 1.54) is 0 Å². The minimum atomic E-state index is 0.105. The first-order chi connectivity index (χ1) is 5.22. The molecule has 1 amide bonds. The van der Waals surface area contributed by atoms with E-state index in [1.807, 2.05) is 6.08 Å². The summed E-state index contributed by atoms with van der Waals surface area (Å²) in [7, 11) is 3.53. The fourth-order valence-corrected chi connectivity index (χ4v) is 1.01. The number of carbonyl (C=O) groups excluding carboxylic acids is 1. The van der Waals surface area contributed by atoms with Crippen LogP contribution >= 0.6 is 0 Å². The Hall–Kier alpha value is -0.830. The van der Waals surface area contributed by atoms with E-state index in [0.717, 1.165) is 12.0 Å². The van der Waals surface area contributed by atoms with Crippen molar-refractivity contribution in [3.05, 3.63) is 11.6 Å². The summed E-state index contributed by atoms with van der Waals surface area (Å²) in [5.74, 6) is 0.105. The van der Waals surface area contributed by atoms with Crippen molar-refractivity contribution in [2.75, 3.05) is 27.3 Å². The molecule has 0 aromatic heterocycles. The molecule has 0 atom stereocenters. The van der Waals surface area contributed by atoms with E-state index < -0.39 is 0 Å². The molecule has 62 valence electrons. The van der Waals surface area contributed by atoms with Gasteiger partial charge in [-0.2, -0.15) is 0 Å². The van der Waals surface area contributed by atoms with E-state index >= 15 is 0 Å². The third kappa shape index (κ3) is 2.05. The molecule has 0 radical (unpaired) electrons. The number of amides is 1. The van der Waals surface area contributed by atoms with Gasteiger partial charge in [0.15, 0.2) is 0 Å². The van der Waals surface area contributed by atoms with Crippen molar-refractivity contribution in [1.29, 1.82) is 0 Å². The van der Waals surface area contributed by atoms with Crippen molar-refractivity contribution in [1.82, 2.24) is 4.90 Å². The Balaban J connectivity index is 2.58. The van der Waals surface area contributed by atoms with Crippen molar-refractivity contribution in [3.8, 4) is 0 Å². The number of carbonyl (C=O) groups is 1. The van der Waals surface area contributed by atoms with Crippen LogP contribution in [-0.4, -0.2) is 38.1 Å². The molecule has 1 aliphatic rings. The van der Waals surface area contributed by atoms with E-state index in [9.17, 15) is 4.79 Å². The topological polar surface area (TPSA) is 29.5 Å². The second-order valence-corrected chi connectivity index (χ2v) is 2.75. The van der Waals surface area contributed by atoms with Gasteiger partial charge in [-0.05, 0) is 0 Å². The van der Waals surface area contributed by atoms with Crippen LogP contribution in [0.25, 0.3) is 0 Å². The number of ether oxygens (including phenoxy) is 1. The highest BCUT2D eigenvalue weighted by molar-refractivity contribution is 5.93. The summed E-state index contributed by atoms with van der Waals surface area (Å²) in [6.45, 7) is 1.25. The molecule has 0 saturated carbocycles. The summed E-state index contributed by atoms with van der Waals surface area (Å²) in [5, 5.41) is 0. The Morgan fingerprint density at radius 3 is 2.82 bits per heavy atom. The van der Waals surface area contributed by atoms with Crippen LogP contribution in [0.3, 0.4) is 0 Å². The molecular formula is C8H13NO2. The number of nitrogens with zero attached hydrogens (tertiary/aromatic N) is 1. The van der Waals surface area contributed by atoms with Crippen molar-refractivity contribution >= 4 is 5.91 Å². The van der Waals surface area contributed by atoms with Gasteiger partial charge in [-0.1, -0.05) is 6.08 Å². The second-order valence-electron chi connectivity index (χ2n) is 2.75. The summed E-state index contributed by atoms with van der Waals surface area (Å²) < 4.78 is 5.08. The molecule has 0 aromatic carbocycles. The number of rotatable bonds is 1. The monoisotopic (exact) mass is 155 g/mol. The molecular weight excluding hydrogens is 142 g/mol. The highest BCUT2D eigenvalue weighted by Crippen LogP contribution is 2.09. The number of likely N-dealkylation sites (N-methyl/N-ethyl adjacent to an activating group) is 1. The van der Waals surface area contributed by atoms with Crippen molar-refractivity contribution in [2.24, 2.45) is 0 Å². The average molecular weight is 155 g/mol. The van der Waals surface area contributed by atoms with Gasteiger partial charge in [0.2, 0.25) is 5.91 Å². The summed E-state index contributed by atoms with van der Waals surface area (Å²) in [5.41, 5.74) is 0.876. The van der Waals surface area contributed by atoms with Crippen LogP contribution in [0.5, 0.6) is 0 Å². The summed E-state index contributed by atoms with van der Waals surface area (Å²) in [4.78, 5) is 12.9. The molecule has 0 bridgehead atoms. The second kappa shape index (κ2) is 3.53. The number of hydrogen-bond acceptors (Lipinski definition) is 2. The molecule has 0 fully saturated rings. The maximum atomic E-state index is 11.3. The Labute approximate surface area is 66.6 Å². The average Bonchev–Trinajstić information content (AvgIpc) is 2.05. The predicted octanol–water partition coefficient (Wildman–Crippen LogP) is 0.421. The van der Waals surface area contributed by atoms with Gasteiger partial charge in [0.1, 0.15) is 0 Å². The molecule has 0 N–H and O–H groups in total. The first-order valence-corrected chi connectivity index (χ1v) is 3.70. The molecule has 0 aromatic rings. The van der Waals surface area contributed by atoms with E-state index in [2.05, 4.69) is 0 Å². The van der Waals surface area contributed by atoms with Gasteiger partial charge in [0.25, 0.3) is 0 Å². The van der Waals surface area contributed by atoms with E-state index in [1.54, 1.807) is 19.0 Å². The molecule has 1 rings (SSSR count). The lowest BCUT2D eigenvalue weighted by molar-refractivity contribution is -0.125. The highest BCUT2D eigenvalue weighted by atomic mass is 16.5. The van der Waals surface area contributed by atoms with E-state index in [4.69, 9.17) is 4.74 Å². The van der Waals surface area contributed by atoms with Gasteiger partial charge in [0, 0.05) is 26.1 Å². The molecule has 3 nitrogen and oxygen atoms in total. The fraction of sp³-hybridized carbons (Fsp3) is 0.625. The SMILES string of the molecule is CN(C)C(=O)C1=CCOCC1. The Bertz CT molecular complexity index is 185. The standard InChI is InChI=1S/C8H13NO2/c1-9(2)8(10)7-3-5-11-6-4-7/h3H,4-6H2,1-2H3. The molecule has 0 saturated heterocycles. The Kier molecular flexibility index (Phi) is 2.65. The van der Waals surface area contributed by atoms with Crippen LogP contribution in [-0.2, 0) is 9.53 Å². The maximum absolute atomic E-state index is 11.3. The molecule has 11 heavy (non-hydrogen) atoms. The largest absolute Gasteiger partial charge is 0.377 e. The summed E-state index contributed by atoms with van der Waals surface area (Å²) >= 11 is 0. The number of hydrogen-bond donors (Lipinski definition) is 0. The lowest BCUT2D eigenvalue weighted by Gasteiger charge is -2.16. The van der Waals surface area contributed by atoms with Crippen molar-refractivity contribution in [3.63, 3.8) is 0 Å². The van der Waals surface area contributed by atoms with Gasteiger partial charge in [0.05, 0.1) is 13.2 Å². The molecule has 1 heterocycles. The molecule has 3 heteroatoms. The lowest BCUT2D eigenvalue weighted by Crippen LogP contribution is -2.25. The van der Waals surface area contributed by atoms with Crippen LogP contribution in [0.15, 0.2) is 11.6 Å². The molecule has 1 aliphatic heterocycles. The zero-order chi connectivity index (χ0) is 8.27. The molecule has 0 unspecified atom stereocenters. The smallest absolute Gasteiger partial charge is 0.249 e. The van der Waals surface area contributed by atoms with Crippen LogP contribution < -0.4 is 0 Å². The van der Waals surface area contributed by atoms with Crippen molar-refractivity contribution < 1.29 is 9.53 Å². The normalized spacial score (nSPS) is 17.5. The van der Waals surface area contributed by atoms with Crippen LogP contribution in [0.4, 0.5) is 0 Å². The van der Waals surface area contributed by atoms with Gasteiger partial charge in [-0.3, -0.25) is 4.79 Å².